The molecule has 1 aromatic carbocycles. The first-order valence-electron chi connectivity index (χ1n) is 7.47. The van der Waals surface area contributed by atoms with Gasteiger partial charge in [0, 0.05) is 31.5 Å². The summed E-state index contributed by atoms with van der Waals surface area (Å²) in [5.74, 6) is -0.417. The van der Waals surface area contributed by atoms with Crippen LogP contribution in [0.25, 0.3) is 0 Å². The van der Waals surface area contributed by atoms with E-state index in [1.165, 1.54) is 17.9 Å². The van der Waals surface area contributed by atoms with Gasteiger partial charge in [-0.2, -0.15) is 13.2 Å². The van der Waals surface area contributed by atoms with Crippen LogP contribution in [0.15, 0.2) is 47.6 Å². The zero-order valence-corrected chi connectivity index (χ0v) is 14.8. The minimum atomic E-state index is -4.43. The van der Waals surface area contributed by atoms with Crippen molar-refractivity contribution in [3.63, 3.8) is 0 Å². The Kier molecular flexibility index (Phi) is 6.25. The lowest BCUT2D eigenvalue weighted by Gasteiger charge is -2.15. The molecule has 26 heavy (non-hydrogen) atoms. The summed E-state index contributed by atoms with van der Waals surface area (Å²) in [6.07, 6.45) is -3.69. The van der Waals surface area contributed by atoms with Gasteiger partial charge in [-0.1, -0.05) is 11.8 Å². The highest BCUT2D eigenvalue weighted by Crippen LogP contribution is 2.29. The highest BCUT2D eigenvalue weighted by atomic mass is 32.2. The number of aromatic nitrogens is 1. The quantitative estimate of drug-likeness (QED) is 0.798. The number of nitrogens with zero attached hydrogens (tertiary/aromatic N) is 2. The molecule has 138 valence electrons. The second-order valence-corrected chi connectivity index (χ2v) is 6.34. The van der Waals surface area contributed by atoms with Gasteiger partial charge in [0.1, 0.15) is 0 Å². The van der Waals surface area contributed by atoms with Crippen LogP contribution in [-0.2, 0) is 15.8 Å². The van der Waals surface area contributed by atoms with Crippen LogP contribution in [-0.4, -0.2) is 29.6 Å². The number of pyridine rings is 1. The van der Waals surface area contributed by atoms with Crippen molar-refractivity contribution in [2.24, 2.45) is 0 Å². The summed E-state index contributed by atoms with van der Waals surface area (Å²) in [5, 5.41) is 3.00. The van der Waals surface area contributed by atoms with Gasteiger partial charge in [-0.15, -0.1) is 0 Å². The van der Waals surface area contributed by atoms with E-state index in [9.17, 15) is 22.8 Å². The third-order valence-electron chi connectivity index (χ3n) is 3.43. The highest BCUT2D eigenvalue weighted by Gasteiger charge is 2.30. The summed E-state index contributed by atoms with van der Waals surface area (Å²) in [7, 11) is 1.64. The number of benzene rings is 1. The number of nitrogens with one attached hydrogen (secondary N) is 1. The van der Waals surface area contributed by atoms with Gasteiger partial charge in [-0.25, -0.2) is 4.98 Å². The SMILES string of the molecule is CC(=O)N(C)c1ccc(NC(=O)CSc2ccc(C(F)(F)F)cn2)cc1. The lowest BCUT2D eigenvalue weighted by molar-refractivity contribution is -0.137. The van der Waals surface area contributed by atoms with E-state index in [1.807, 2.05) is 0 Å². The molecule has 0 unspecified atom stereocenters. The predicted octanol–water partition coefficient (Wildman–Crippen LogP) is 3.81. The number of rotatable bonds is 5. The van der Waals surface area contributed by atoms with Crippen molar-refractivity contribution in [1.29, 1.82) is 0 Å². The smallest absolute Gasteiger partial charge is 0.325 e. The van der Waals surface area contributed by atoms with Crippen molar-refractivity contribution in [3.05, 3.63) is 48.2 Å². The largest absolute Gasteiger partial charge is 0.417 e. The molecule has 0 atom stereocenters. The number of alkyl halides is 3. The van der Waals surface area contributed by atoms with Crippen molar-refractivity contribution >= 4 is 35.0 Å². The topological polar surface area (TPSA) is 62.3 Å². The van der Waals surface area contributed by atoms with E-state index in [0.29, 0.717) is 16.4 Å². The first kappa shape index (κ1) is 19.8. The van der Waals surface area contributed by atoms with Crippen molar-refractivity contribution in [3.8, 4) is 0 Å². The van der Waals surface area contributed by atoms with Crippen LogP contribution < -0.4 is 10.2 Å². The molecule has 0 saturated heterocycles. The first-order chi connectivity index (χ1) is 12.2. The minimum absolute atomic E-state index is 0.00741. The average Bonchev–Trinajstić information content (AvgIpc) is 2.59. The standard InChI is InChI=1S/C17H16F3N3O2S/c1-11(24)23(2)14-6-4-13(5-7-14)22-15(25)10-26-16-8-3-12(9-21-16)17(18,19)20/h3-9H,10H2,1-2H3,(H,22,25). The summed E-state index contributed by atoms with van der Waals surface area (Å²) in [6, 6.07) is 8.87. The van der Waals surface area contributed by atoms with Crippen molar-refractivity contribution in [2.45, 2.75) is 18.1 Å². The lowest BCUT2D eigenvalue weighted by atomic mass is 10.2. The fourth-order valence-corrected chi connectivity index (χ4v) is 2.56. The summed E-state index contributed by atoms with van der Waals surface area (Å²) in [4.78, 5) is 28.4. The van der Waals surface area contributed by atoms with Crippen LogP contribution in [0.5, 0.6) is 0 Å². The van der Waals surface area contributed by atoms with E-state index < -0.39 is 11.7 Å². The van der Waals surface area contributed by atoms with Crippen molar-refractivity contribution in [2.75, 3.05) is 23.0 Å². The van der Waals surface area contributed by atoms with Gasteiger partial charge in [0.2, 0.25) is 11.8 Å². The van der Waals surface area contributed by atoms with Gasteiger partial charge in [-0.3, -0.25) is 9.59 Å². The number of thioether (sulfide) groups is 1. The molecule has 1 aromatic heterocycles. The van der Waals surface area contributed by atoms with Gasteiger partial charge in [0.05, 0.1) is 16.3 Å². The third-order valence-corrected chi connectivity index (χ3v) is 4.37. The van der Waals surface area contributed by atoms with Crippen LogP contribution >= 0.6 is 11.8 Å². The highest BCUT2D eigenvalue weighted by molar-refractivity contribution is 7.99. The second-order valence-electron chi connectivity index (χ2n) is 5.34. The van der Waals surface area contributed by atoms with E-state index in [0.717, 1.165) is 24.0 Å². The monoisotopic (exact) mass is 383 g/mol. The molecule has 0 saturated carbocycles. The molecule has 9 heteroatoms. The number of hydrogen-bond donors (Lipinski definition) is 1. The molecule has 1 heterocycles. The first-order valence-corrected chi connectivity index (χ1v) is 8.45. The molecule has 0 aliphatic heterocycles. The number of carbonyl (C=O) groups is 2. The molecule has 0 spiro atoms. The van der Waals surface area contributed by atoms with E-state index in [-0.39, 0.29) is 17.6 Å². The Morgan fingerprint density at radius 1 is 1.15 bits per heavy atom. The maximum atomic E-state index is 12.5. The molecule has 5 nitrogen and oxygen atoms in total. The van der Waals surface area contributed by atoms with Crippen molar-refractivity contribution in [1.82, 2.24) is 4.98 Å². The average molecular weight is 383 g/mol. The van der Waals surface area contributed by atoms with Crippen LogP contribution in [0.3, 0.4) is 0 Å². The fraction of sp³-hybridized carbons (Fsp3) is 0.235. The Bertz CT molecular complexity index is 777. The van der Waals surface area contributed by atoms with E-state index >= 15 is 0 Å². The van der Waals surface area contributed by atoms with Gasteiger partial charge in [0.25, 0.3) is 0 Å². The second kappa shape index (κ2) is 8.22. The molecular formula is C17H16F3N3O2S. The van der Waals surface area contributed by atoms with E-state index in [1.54, 1.807) is 31.3 Å². The Morgan fingerprint density at radius 2 is 1.81 bits per heavy atom. The molecule has 0 fully saturated rings. The number of anilines is 2. The Hall–Kier alpha value is -2.55. The number of halogens is 3. The Balaban J connectivity index is 1.88. The van der Waals surface area contributed by atoms with Crippen LogP contribution in [0, 0.1) is 0 Å². The Labute approximate surface area is 152 Å². The zero-order valence-electron chi connectivity index (χ0n) is 14.0. The van der Waals surface area contributed by atoms with Crippen LogP contribution in [0.4, 0.5) is 24.5 Å². The number of hydrogen-bond acceptors (Lipinski definition) is 4. The summed E-state index contributed by atoms with van der Waals surface area (Å²) in [6.45, 7) is 1.45. The molecule has 1 N–H and O–H groups in total. The van der Waals surface area contributed by atoms with Crippen LogP contribution in [0.2, 0.25) is 0 Å². The fourth-order valence-electron chi connectivity index (χ4n) is 1.92. The minimum Gasteiger partial charge on any atom is -0.325 e. The maximum absolute atomic E-state index is 12.5. The van der Waals surface area contributed by atoms with Crippen molar-refractivity contribution < 1.29 is 22.8 Å². The molecule has 2 aromatic rings. The lowest BCUT2D eigenvalue weighted by Crippen LogP contribution is -2.22. The summed E-state index contributed by atoms with van der Waals surface area (Å²) < 4.78 is 37.4. The van der Waals surface area contributed by atoms with Crippen LogP contribution in [0.1, 0.15) is 12.5 Å². The normalized spacial score (nSPS) is 11.1. The molecule has 0 radical (unpaired) electrons. The maximum Gasteiger partial charge on any atom is 0.417 e. The van der Waals surface area contributed by atoms with E-state index in [4.69, 9.17) is 0 Å². The molecular weight excluding hydrogens is 367 g/mol. The predicted molar refractivity (Wildman–Crippen MR) is 94.1 cm³/mol. The molecule has 0 bridgehead atoms. The Morgan fingerprint density at radius 3 is 2.31 bits per heavy atom. The van der Waals surface area contributed by atoms with Gasteiger partial charge in [0.15, 0.2) is 0 Å². The van der Waals surface area contributed by atoms with Gasteiger partial charge < -0.3 is 10.2 Å². The zero-order chi connectivity index (χ0) is 19.3. The van der Waals surface area contributed by atoms with Gasteiger partial charge in [-0.05, 0) is 36.4 Å². The summed E-state index contributed by atoms with van der Waals surface area (Å²) in [5.41, 5.74) is 0.414. The molecule has 0 aliphatic carbocycles. The molecule has 2 rings (SSSR count). The summed E-state index contributed by atoms with van der Waals surface area (Å²) >= 11 is 1.04. The number of carbonyl (C=O) groups excluding carboxylic acids is 2. The van der Waals surface area contributed by atoms with Gasteiger partial charge >= 0.3 is 6.18 Å². The molecule has 2 amide bonds. The van der Waals surface area contributed by atoms with E-state index in [2.05, 4.69) is 10.3 Å². The number of amides is 2. The molecule has 0 aliphatic rings. The third kappa shape index (κ3) is 5.48.